The molecular formula is C13H15NO3. The van der Waals surface area contributed by atoms with E-state index in [1.807, 2.05) is 25.1 Å². The monoisotopic (exact) mass is 233 g/mol. The highest BCUT2D eigenvalue weighted by Crippen LogP contribution is 2.22. The van der Waals surface area contributed by atoms with Crippen molar-refractivity contribution in [1.82, 2.24) is 5.06 Å². The molecule has 0 saturated carbocycles. The van der Waals surface area contributed by atoms with E-state index < -0.39 is 0 Å². The Kier molecular flexibility index (Phi) is 3.15. The summed E-state index contributed by atoms with van der Waals surface area (Å²) in [5, 5.41) is 2.20. The van der Waals surface area contributed by atoms with Gasteiger partial charge in [0.2, 0.25) is 5.91 Å². The van der Waals surface area contributed by atoms with Crippen molar-refractivity contribution in [3.63, 3.8) is 0 Å². The highest BCUT2D eigenvalue weighted by Gasteiger charge is 2.13. The average Bonchev–Trinajstić information content (AvgIpc) is 2.70. The minimum Gasteiger partial charge on any atom is -0.464 e. The zero-order valence-corrected chi connectivity index (χ0v) is 10.2. The third-order valence-corrected chi connectivity index (χ3v) is 2.78. The molecule has 0 spiro atoms. The maximum absolute atomic E-state index is 11.7. The molecule has 90 valence electrons. The lowest BCUT2D eigenvalue weighted by Gasteiger charge is -2.12. The number of carbonyl (C=O) groups is 1. The summed E-state index contributed by atoms with van der Waals surface area (Å²) in [4.78, 5) is 16.6. The van der Waals surface area contributed by atoms with Gasteiger partial charge in [-0.2, -0.15) is 0 Å². The van der Waals surface area contributed by atoms with Gasteiger partial charge in [0.1, 0.15) is 5.58 Å². The molecule has 0 radical (unpaired) electrons. The fourth-order valence-corrected chi connectivity index (χ4v) is 1.70. The van der Waals surface area contributed by atoms with Crippen LogP contribution in [0.2, 0.25) is 0 Å². The molecule has 2 aromatic rings. The third-order valence-electron chi connectivity index (χ3n) is 2.78. The minimum absolute atomic E-state index is 0.101. The third kappa shape index (κ3) is 2.31. The maximum Gasteiger partial charge on any atom is 0.250 e. The van der Waals surface area contributed by atoms with E-state index in [0.717, 1.165) is 22.1 Å². The summed E-state index contributed by atoms with van der Waals surface area (Å²) in [5.74, 6) is -0.101. The molecule has 2 rings (SSSR count). The fraction of sp³-hybridized carbons (Fsp3) is 0.308. The number of furan rings is 1. The van der Waals surface area contributed by atoms with Gasteiger partial charge in [0.15, 0.2) is 0 Å². The Morgan fingerprint density at radius 2 is 2.24 bits per heavy atom. The quantitative estimate of drug-likeness (QED) is 0.764. The molecule has 1 aromatic heterocycles. The van der Waals surface area contributed by atoms with Crippen molar-refractivity contribution in [3.8, 4) is 0 Å². The molecule has 0 aliphatic heterocycles. The van der Waals surface area contributed by atoms with Gasteiger partial charge in [-0.3, -0.25) is 9.63 Å². The number of benzene rings is 1. The zero-order valence-electron chi connectivity index (χ0n) is 10.2. The number of amides is 1. The number of hydroxylamine groups is 2. The average molecular weight is 233 g/mol. The smallest absolute Gasteiger partial charge is 0.250 e. The van der Waals surface area contributed by atoms with Gasteiger partial charge in [-0.15, -0.1) is 0 Å². The van der Waals surface area contributed by atoms with Crippen molar-refractivity contribution in [2.75, 3.05) is 14.2 Å². The highest BCUT2D eigenvalue weighted by atomic mass is 16.7. The number of rotatable bonds is 3. The van der Waals surface area contributed by atoms with E-state index in [1.54, 1.807) is 13.3 Å². The van der Waals surface area contributed by atoms with Gasteiger partial charge in [-0.1, -0.05) is 12.1 Å². The SMILES string of the molecule is CON(C)C(=O)Cc1coc2cc(C)ccc12. The van der Waals surface area contributed by atoms with Crippen LogP contribution in [0.1, 0.15) is 11.1 Å². The van der Waals surface area contributed by atoms with Gasteiger partial charge < -0.3 is 4.42 Å². The van der Waals surface area contributed by atoms with Crippen molar-refractivity contribution in [2.45, 2.75) is 13.3 Å². The van der Waals surface area contributed by atoms with Crippen LogP contribution in [0.15, 0.2) is 28.9 Å². The van der Waals surface area contributed by atoms with E-state index in [2.05, 4.69) is 0 Å². The summed E-state index contributed by atoms with van der Waals surface area (Å²) < 4.78 is 5.43. The van der Waals surface area contributed by atoms with Gasteiger partial charge >= 0.3 is 0 Å². The molecule has 0 aliphatic carbocycles. The second kappa shape index (κ2) is 4.59. The van der Waals surface area contributed by atoms with Crippen molar-refractivity contribution >= 4 is 16.9 Å². The van der Waals surface area contributed by atoms with Crippen LogP contribution in [0.3, 0.4) is 0 Å². The largest absolute Gasteiger partial charge is 0.464 e. The number of nitrogens with zero attached hydrogens (tertiary/aromatic N) is 1. The van der Waals surface area contributed by atoms with Crippen molar-refractivity contribution in [2.24, 2.45) is 0 Å². The van der Waals surface area contributed by atoms with E-state index in [1.165, 1.54) is 12.2 Å². The predicted molar refractivity (Wildman–Crippen MR) is 64.4 cm³/mol. The summed E-state index contributed by atoms with van der Waals surface area (Å²) >= 11 is 0. The molecule has 1 aromatic carbocycles. The molecule has 0 unspecified atom stereocenters. The van der Waals surface area contributed by atoms with Crippen LogP contribution in [0.5, 0.6) is 0 Å². The fourth-order valence-electron chi connectivity index (χ4n) is 1.70. The molecule has 0 N–H and O–H groups in total. The molecule has 0 bridgehead atoms. The van der Waals surface area contributed by atoms with Gasteiger partial charge in [0.05, 0.1) is 19.8 Å². The molecule has 0 aliphatic rings. The van der Waals surface area contributed by atoms with Crippen LogP contribution < -0.4 is 0 Å². The molecule has 0 fully saturated rings. The Labute approximate surface area is 99.7 Å². The van der Waals surface area contributed by atoms with E-state index in [0.29, 0.717) is 0 Å². The van der Waals surface area contributed by atoms with Gasteiger partial charge in [0, 0.05) is 18.0 Å². The minimum atomic E-state index is -0.101. The lowest BCUT2D eigenvalue weighted by atomic mass is 10.1. The molecule has 4 heteroatoms. The van der Waals surface area contributed by atoms with Crippen molar-refractivity contribution in [1.29, 1.82) is 0 Å². The number of hydrogen-bond acceptors (Lipinski definition) is 3. The first kappa shape index (κ1) is 11.7. The lowest BCUT2D eigenvalue weighted by molar-refractivity contribution is -0.167. The second-order valence-corrected chi connectivity index (χ2v) is 4.01. The molecule has 1 amide bonds. The van der Waals surface area contributed by atoms with E-state index >= 15 is 0 Å². The Balaban J connectivity index is 2.28. The van der Waals surface area contributed by atoms with Crippen LogP contribution in [-0.4, -0.2) is 25.1 Å². The number of carbonyl (C=O) groups excluding carboxylic acids is 1. The summed E-state index contributed by atoms with van der Waals surface area (Å²) in [6, 6.07) is 5.94. The number of hydrogen-bond donors (Lipinski definition) is 0. The summed E-state index contributed by atoms with van der Waals surface area (Å²) in [7, 11) is 3.06. The van der Waals surface area contributed by atoms with Gasteiger partial charge in [-0.05, 0) is 18.6 Å². The zero-order chi connectivity index (χ0) is 12.4. The first-order chi connectivity index (χ1) is 8.11. The van der Waals surface area contributed by atoms with E-state index in [9.17, 15) is 4.79 Å². The maximum atomic E-state index is 11.7. The molecule has 1 heterocycles. The number of likely N-dealkylation sites (N-methyl/N-ethyl adjacent to an activating group) is 1. The van der Waals surface area contributed by atoms with Crippen molar-refractivity contribution in [3.05, 3.63) is 35.6 Å². The normalized spacial score (nSPS) is 10.8. The molecular weight excluding hydrogens is 218 g/mol. The van der Waals surface area contributed by atoms with Gasteiger partial charge in [0.25, 0.3) is 0 Å². The predicted octanol–water partition coefficient (Wildman–Crippen LogP) is 2.30. The molecule has 17 heavy (non-hydrogen) atoms. The first-order valence-corrected chi connectivity index (χ1v) is 5.39. The molecule has 4 nitrogen and oxygen atoms in total. The van der Waals surface area contributed by atoms with E-state index in [-0.39, 0.29) is 12.3 Å². The first-order valence-electron chi connectivity index (χ1n) is 5.39. The van der Waals surface area contributed by atoms with Crippen molar-refractivity contribution < 1.29 is 14.0 Å². The Bertz CT molecular complexity index is 545. The van der Waals surface area contributed by atoms with Crippen LogP contribution in [0, 0.1) is 6.92 Å². The molecule has 0 saturated heterocycles. The Morgan fingerprint density at radius 1 is 1.47 bits per heavy atom. The molecule has 0 atom stereocenters. The summed E-state index contributed by atoms with van der Waals surface area (Å²) in [6.45, 7) is 2.01. The highest BCUT2D eigenvalue weighted by molar-refractivity contribution is 5.87. The van der Waals surface area contributed by atoms with Gasteiger partial charge in [-0.25, -0.2) is 5.06 Å². The topological polar surface area (TPSA) is 42.7 Å². The summed E-state index contributed by atoms with van der Waals surface area (Å²) in [6.07, 6.45) is 1.91. The standard InChI is InChI=1S/C13H15NO3/c1-9-4-5-11-10(8-17-12(11)6-9)7-13(15)14(2)16-3/h4-6,8H,7H2,1-3H3. The lowest BCUT2D eigenvalue weighted by Crippen LogP contribution is -2.26. The number of fused-ring (bicyclic) bond motifs is 1. The second-order valence-electron chi connectivity index (χ2n) is 4.01. The number of aryl methyl sites for hydroxylation is 1. The van der Waals surface area contributed by atoms with Crippen LogP contribution >= 0.6 is 0 Å². The summed E-state index contributed by atoms with van der Waals surface area (Å²) in [5.41, 5.74) is 2.83. The van der Waals surface area contributed by atoms with Crippen LogP contribution in [0.4, 0.5) is 0 Å². The Hall–Kier alpha value is -1.81. The van der Waals surface area contributed by atoms with Crippen LogP contribution in [-0.2, 0) is 16.1 Å². The van der Waals surface area contributed by atoms with E-state index in [4.69, 9.17) is 9.25 Å². The Morgan fingerprint density at radius 3 is 2.94 bits per heavy atom. The van der Waals surface area contributed by atoms with Crippen LogP contribution in [0.25, 0.3) is 11.0 Å².